The molecule has 2 saturated carbocycles. The second-order valence-corrected chi connectivity index (χ2v) is 15.0. The third-order valence-corrected chi connectivity index (χ3v) is 10.6. The van der Waals surface area contributed by atoms with Crippen LogP contribution in [0.15, 0.2) is 30.9 Å². The van der Waals surface area contributed by atoms with E-state index in [1.54, 1.807) is 6.33 Å². The Balaban J connectivity index is 0.973. The topological polar surface area (TPSA) is 171 Å². The number of rotatable bonds is 15. The lowest BCUT2D eigenvalue weighted by molar-refractivity contribution is 0.398. The minimum atomic E-state index is 0.177. The van der Waals surface area contributed by atoms with Crippen LogP contribution in [0.1, 0.15) is 84.0 Å². The predicted octanol–water partition coefficient (Wildman–Crippen LogP) is 7.51. The smallest absolute Gasteiger partial charge is 0.232 e. The number of aryl methyl sites for hydroxylation is 1. The standard InChI is InChI=1S/C35H46ClN15/c1-18(2)50-16-25(29(36)48-50)41-34-43-30-24(13-14-37-30)33(46-34)49(6)26(23-10-11-23)12-7-19(3)51-20(4)15-27(47-51)42-35-44-31-28(38-17-39-31)32(45-35)40-21(5)22-8-9-22/h13-19,21-23,26H,7-12H2,1-6H3,(H2,37,41,43,46)(H3,38,39,40,42,44,45,47)/t19?,21-,26-/m0/s1. The molecule has 16 heteroatoms. The summed E-state index contributed by atoms with van der Waals surface area (Å²) in [5.41, 5.74) is 3.95. The molecule has 2 aliphatic carbocycles. The lowest BCUT2D eigenvalue weighted by atomic mass is 10.0. The van der Waals surface area contributed by atoms with E-state index in [2.05, 4.69) is 92.2 Å². The molecule has 5 N–H and O–H groups in total. The Labute approximate surface area is 301 Å². The summed E-state index contributed by atoms with van der Waals surface area (Å²) in [5.74, 6) is 4.59. The first-order valence-corrected chi connectivity index (χ1v) is 18.4. The summed E-state index contributed by atoms with van der Waals surface area (Å²) < 4.78 is 3.93. The summed E-state index contributed by atoms with van der Waals surface area (Å²) in [5, 5.41) is 21.0. The zero-order valence-electron chi connectivity index (χ0n) is 29.9. The molecule has 2 fully saturated rings. The molecular formula is C35H46ClN15. The summed E-state index contributed by atoms with van der Waals surface area (Å²) in [6.07, 6.45) is 12.3. The summed E-state index contributed by atoms with van der Waals surface area (Å²) in [4.78, 5) is 32.4. The number of nitrogens with zero attached hydrogens (tertiary/aromatic N) is 10. The van der Waals surface area contributed by atoms with Gasteiger partial charge in [-0.1, -0.05) is 11.6 Å². The summed E-state index contributed by atoms with van der Waals surface area (Å²) in [6.45, 7) is 10.7. The number of imidazole rings is 1. The molecule has 0 saturated heterocycles. The van der Waals surface area contributed by atoms with Crippen molar-refractivity contribution in [1.29, 1.82) is 0 Å². The van der Waals surface area contributed by atoms with Crippen LogP contribution in [0.3, 0.4) is 0 Å². The van der Waals surface area contributed by atoms with Gasteiger partial charge in [0, 0.05) is 49.2 Å². The molecule has 268 valence electrons. The average molecular weight is 712 g/mol. The molecule has 0 radical (unpaired) electrons. The molecule has 6 aromatic heterocycles. The van der Waals surface area contributed by atoms with Crippen LogP contribution in [0, 0.1) is 18.8 Å². The van der Waals surface area contributed by atoms with E-state index in [4.69, 9.17) is 31.7 Å². The quantitative estimate of drug-likeness (QED) is 0.0714. The van der Waals surface area contributed by atoms with E-state index in [9.17, 15) is 0 Å². The number of nitrogens with one attached hydrogen (secondary N) is 5. The molecule has 0 spiro atoms. The minimum absolute atomic E-state index is 0.177. The summed E-state index contributed by atoms with van der Waals surface area (Å²) in [7, 11) is 2.15. The number of H-pyrrole nitrogens is 2. The zero-order valence-corrected chi connectivity index (χ0v) is 30.7. The van der Waals surface area contributed by atoms with Crippen LogP contribution >= 0.6 is 11.6 Å². The van der Waals surface area contributed by atoms with E-state index in [1.807, 2.05) is 29.2 Å². The van der Waals surface area contributed by atoms with Crippen molar-refractivity contribution in [3.8, 4) is 0 Å². The fraction of sp³-hybridized carbons (Fsp3) is 0.514. The molecule has 2 aliphatic rings. The summed E-state index contributed by atoms with van der Waals surface area (Å²) in [6, 6.07) is 5.10. The number of aromatic nitrogens is 11. The highest BCUT2D eigenvalue weighted by Crippen LogP contribution is 2.41. The molecule has 1 unspecified atom stereocenters. The van der Waals surface area contributed by atoms with Crippen molar-refractivity contribution in [2.24, 2.45) is 11.8 Å². The van der Waals surface area contributed by atoms with Gasteiger partial charge in [-0.2, -0.15) is 30.1 Å². The zero-order chi connectivity index (χ0) is 35.4. The Bertz CT molecular complexity index is 2150. The van der Waals surface area contributed by atoms with Crippen molar-refractivity contribution < 1.29 is 0 Å². The molecule has 0 amide bonds. The fourth-order valence-electron chi connectivity index (χ4n) is 7.04. The molecule has 6 aromatic rings. The first-order valence-electron chi connectivity index (χ1n) is 18.0. The van der Waals surface area contributed by atoms with Gasteiger partial charge in [0.25, 0.3) is 0 Å². The monoisotopic (exact) mass is 711 g/mol. The molecule has 3 atom stereocenters. The van der Waals surface area contributed by atoms with Crippen molar-refractivity contribution in [3.63, 3.8) is 0 Å². The van der Waals surface area contributed by atoms with E-state index in [0.717, 1.165) is 46.7 Å². The van der Waals surface area contributed by atoms with Crippen LogP contribution in [-0.2, 0) is 0 Å². The maximum Gasteiger partial charge on any atom is 0.232 e. The maximum atomic E-state index is 6.47. The molecule has 15 nitrogen and oxygen atoms in total. The molecule has 6 heterocycles. The molecule has 0 bridgehead atoms. The maximum absolute atomic E-state index is 6.47. The number of aromatic amines is 2. The van der Waals surface area contributed by atoms with E-state index >= 15 is 0 Å². The highest BCUT2D eigenvalue weighted by molar-refractivity contribution is 6.32. The molecule has 0 aliphatic heterocycles. The number of anilines is 6. The Kier molecular flexibility index (Phi) is 8.68. The largest absolute Gasteiger partial charge is 0.365 e. The van der Waals surface area contributed by atoms with Crippen molar-refractivity contribution in [2.75, 3.05) is 27.9 Å². The van der Waals surface area contributed by atoms with E-state index in [0.29, 0.717) is 58.1 Å². The van der Waals surface area contributed by atoms with Gasteiger partial charge in [-0.15, -0.1) is 0 Å². The third-order valence-electron chi connectivity index (χ3n) is 10.3. The third kappa shape index (κ3) is 6.90. The average Bonchev–Trinajstić information content (AvgIpc) is 3.94. The SMILES string of the molecule is Cc1cc(Nc2nc(N[C@@H](C)C3CC3)c3[nH]cnc3n2)nn1C(C)CC[C@@H](C1CC1)N(C)c1nc(Nc2cn(C(C)C)nc2Cl)nc2[nH]ccc12. The van der Waals surface area contributed by atoms with Gasteiger partial charge in [-0.25, -0.2) is 4.98 Å². The Morgan fingerprint density at radius 1 is 0.961 bits per heavy atom. The Hall–Kier alpha value is -4.92. The van der Waals surface area contributed by atoms with Crippen molar-refractivity contribution in [3.05, 3.63) is 41.7 Å². The lowest BCUT2D eigenvalue weighted by Gasteiger charge is -2.31. The van der Waals surface area contributed by atoms with Gasteiger partial charge in [0.2, 0.25) is 11.9 Å². The normalized spacial score (nSPS) is 16.5. The van der Waals surface area contributed by atoms with Crippen LogP contribution in [0.2, 0.25) is 5.15 Å². The van der Waals surface area contributed by atoms with E-state index in [1.165, 1.54) is 25.7 Å². The Morgan fingerprint density at radius 2 is 1.75 bits per heavy atom. The van der Waals surface area contributed by atoms with E-state index in [-0.39, 0.29) is 12.1 Å². The van der Waals surface area contributed by atoms with Gasteiger partial charge >= 0.3 is 0 Å². The first-order chi connectivity index (χ1) is 24.6. The van der Waals surface area contributed by atoms with Gasteiger partial charge in [-0.3, -0.25) is 9.36 Å². The number of halogens is 1. The number of fused-ring (bicyclic) bond motifs is 2. The second kappa shape index (κ2) is 13.3. The summed E-state index contributed by atoms with van der Waals surface area (Å²) >= 11 is 6.47. The second-order valence-electron chi connectivity index (χ2n) is 14.6. The lowest BCUT2D eigenvalue weighted by Crippen LogP contribution is -2.35. The highest BCUT2D eigenvalue weighted by atomic mass is 35.5. The van der Waals surface area contributed by atoms with Crippen LogP contribution in [0.25, 0.3) is 22.2 Å². The number of hydrogen-bond acceptors (Lipinski definition) is 11. The van der Waals surface area contributed by atoms with Gasteiger partial charge in [-0.05, 0) is 91.0 Å². The fourth-order valence-corrected chi connectivity index (χ4v) is 7.22. The molecular weight excluding hydrogens is 666 g/mol. The molecule has 8 rings (SSSR count). The van der Waals surface area contributed by atoms with Crippen LogP contribution in [-0.4, -0.2) is 73.6 Å². The van der Waals surface area contributed by atoms with Gasteiger partial charge in [0.1, 0.15) is 17.0 Å². The Morgan fingerprint density at radius 3 is 2.49 bits per heavy atom. The first kappa shape index (κ1) is 33.2. The van der Waals surface area contributed by atoms with Crippen LogP contribution in [0.4, 0.5) is 35.0 Å². The highest BCUT2D eigenvalue weighted by Gasteiger charge is 2.35. The van der Waals surface area contributed by atoms with Crippen molar-refractivity contribution in [1.82, 2.24) is 54.4 Å². The van der Waals surface area contributed by atoms with Gasteiger partial charge < -0.3 is 30.8 Å². The molecule has 51 heavy (non-hydrogen) atoms. The van der Waals surface area contributed by atoms with Crippen LogP contribution in [0.5, 0.6) is 0 Å². The molecule has 0 aromatic carbocycles. The minimum Gasteiger partial charge on any atom is -0.365 e. The van der Waals surface area contributed by atoms with Gasteiger partial charge in [0.05, 0.1) is 23.6 Å². The predicted molar refractivity (Wildman–Crippen MR) is 201 cm³/mol. The van der Waals surface area contributed by atoms with Crippen molar-refractivity contribution >= 4 is 68.8 Å². The van der Waals surface area contributed by atoms with Crippen LogP contribution < -0.4 is 20.9 Å². The number of hydrogen-bond donors (Lipinski definition) is 5. The van der Waals surface area contributed by atoms with Crippen molar-refractivity contribution in [2.45, 2.75) is 97.3 Å². The van der Waals surface area contributed by atoms with Gasteiger partial charge in [0.15, 0.2) is 22.4 Å². The van der Waals surface area contributed by atoms with E-state index < -0.39 is 0 Å².